The Hall–Kier alpha value is -1.93. The average molecular weight is 350 g/mol. The lowest BCUT2D eigenvalue weighted by molar-refractivity contribution is 0.377. The van der Waals surface area contributed by atoms with Gasteiger partial charge in [0.15, 0.2) is 23.3 Å². The highest BCUT2D eigenvalue weighted by Gasteiger charge is 2.24. The molecule has 1 nitrogen and oxygen atoms in total. The maximum atomic E-state index is 13.4. The Morgan fingerprint density at radius 2 is 1.26 bits per heavy atom. The molecule has 0 heterocycles. The summed E-state index contributed by atoms with van der Waals surface area (Å²) in [4.78, 5) is 0. The van der Waals surface area contributed by atoms with Gasteiger partial charge in [-0.1, -0.05) is 12.1 Å². The minimum atomic E-state index is -2.26. The van der Waals surface area contributed by atoms with Crippen molar-refractivity contribution in [3.05, 3.63) is 75.7 Å². The third-order valence-corrected chi connectivity index (χ3v) is 3.91. The van der Waals surface area contributed by atoms with Crippen molar-refractivity contribution in [3.8, 4) is 0 Å². The first-order valence-electron chi connectivity index (χ1n) is 6.12. The largest absolute Gasteiger partial charge is 0.612 e. The highest BCUT2D eigenvalue weighted by molar-refractivity contribution is 7.93. The molecule has 8 heteroatoms. The van der Waals surface area contributed by atoms with Crippen LogP contribution in [0.5, 0.6) is 0 Å². The SMILES string of the molecule is [O-][S+](/C=C/c1c(F)c(F)c(F)c(F)c1F)Cc1ccc(F)cc1. The van der Waals surface area contributed by atoms with Crippen molar-refractivity contribution < 1.29 is 30.9 Å². The summed E-state index contributed by atoms with van der Waals surface area (Å²) >= 11 is -1.79. The summed E-state index contributed by atoms with van der Waals surface area (Å²) in [6.45, 7) is 0. The van der Waals surface area contributed by atoms with Crippen LogP contribution in [0.1, 0.15) is 11.1 Å². The highest BCUT2D eigenvalue weighted by Crippen LogP contribution is 2.24. The highest BCUT2D eigenvalue weighted by atomic mass is 32.2. The van der Waals surface area contributed by atoms with Crippen LogP contribution in [0, 0.1) is 34.9 Å². The molecule has 2 aromatic rings. The van der Waals surface area contributed by atoms with Gasteiger partial charge >= 0.3 is 0 Å². The lowest BCUT2D eigenvalue weighted by atomic mass is 10.1. The molecule has 122 valence electrons. The van der Waals surface area contributed by atoms with E-state index in [2.05, 4.69) is 0 Å². The zero-order chi connectivity index (χ0) is 17.1. The van der Waals surface area contributed by atoms with E-state index in [-0.39, 0.29) is 5.75 Å². The summed E-state index contributed by atoms with van der Waals surface area (Å²) in [5.74, 6) is -11.0. The van der Waals surface area contributed by atoms with E-state index in [9.17, 15) is 30.9 Å². The lowest BCUT2D eigenvalue weighted by Gasteiger charge is -2.07. The van der Waals surface area contributed by atoms with Crippen molar-refractivity contribution in [1.82, 2.24) is 0 Å². The normalized spacial score (nSPS) is 12.8. The third kappa shape index (κ3) is 3.89. The summed E-state index contributed by atoms with van der Waals surface area (Å²) < 4.78 is 90.2. The minimum Gasteiger partial charge on any atom is -0.612 e. The molecule has 2 rings (SSSR count). The molecule has 0 aliphatic heterocycles. The number of rotatable bonds is 4. The quantitative estimate of drug-likeness (QED) is 0.346. The Labute approximate surface area is 130 Å². The van der Waals surface area contributed by atoms with Gasteiger partial charge in [-0.3, -0.25) is 0 Å². The number of benzene rings is 2. The van der Waals surface area contributed by atoms with Crippen molar-refractivity contribution >= 4 is 17.3 Å². The first-order chi connectivity index (χ1) is 10.8. The zero-order valence-corrected chi connectivity index (χ0v) is 12.1. The van der Waals surface area contributed by atoms with E-state index >= 15 is 0 Å². The number of hydrogen-bond acceptors (Lipinski definition) is 1. The van der Waals surface area contributed by atoms with Gasteiger partial charge in [0.05, 0.1) is 5.56 Å². The second kappa shape index (κ2) is 7.10. The molecule has 0 bridgehead atoms. The van der Waals surface area contributed by atoms with Gasteiger partial charge in [-0.25, -0.2) is 26.3 Å². The van der Waals surface area contributed by atoms with Crippen LogP contribution in [0.3, 0.4) is 0 Å². The third-order valence-electron chi connectivity index (χ3n) is 2.85. The zero-order valence-electron chi connectivity index (χ0n) is 11.3. The van der Waals surface area contributed by atoms with Crippen LogP contribution in [0.15, 0.2) is 29.7 Å². The Morgan fingerprint density at radius 1 is 0.783 bits per heavy atom. The van der Waals surface area contributed by atoms with E-state index in [0.717, 1.165) is 17.5 Å². The lowest BCUT2D eigenvalue weighted by Crippen LogP contribution is -2.05. The maximum absolute atomic E-state index is 13.4. The molecule has 0 N–H and O–H groups in total. The molecule has 0 saturated heterocycles. The summed E-state index contributed by atoms with van der Waals surface area (Å²) in [7, 11) is 0. The molecule has 0 fully saturated rings. The molecule has 2 aromatic carbocycles. The fourth-order valence-corrected chi connectivity index (χ4v) is 2.61. The molecule has 0 radical (unpaired) electrons. The van der Waals surface area contributed by atoms with E-state index in [1.54, 1.807) is 0 Å². The van der Waals surface area contributed by atoms with Gasteiger partial charge in [-0.05, 0) is 29.4 Å². The van der Waals surface area contributed by atoms with Crippen LogP contribution >= 0.6 is 0 Å². The van der Waals surface area contributed by atoms with E-state index in [0.29, 0.717) is 11.6 Å². The van der Waals surface area contributed by atoms with Gasteiger partial charge in [-0.15, -0.1) is 0 Å². The van der Waals surface area contributed by atoms with Gasteiger partial charge in [0.1, 0.15) is 17.0 Å². The van der Waals surface area contributed by atoms with Crippen molar-refractivity contribution in [2.45, 2.75) is 5.75 Å². The Balaban J connectivity index is 2.21. The Bertz CT molecular complexity index is 716. The molecular weight excluding hydrogens is 342 g/mol. The smallest absolute Gasteiger partial charge is 0.200 e. The monoisotopic (exact) mass is 350 g/mol. The average Bonchev–Trinajstić information content (AvgIpc) is 2.53. The van der Waals surface area contributed by atoms with Crippen LogP contribution in [0.4, 0.5) is 26.3 Å². The Kier molecular flexibility index (Phi) is 5.38. The molecule has 0 aromatic heterocycles. The van der Waals surface area contributed by atoms with E-state index in [4.69, 9.17) is 0 Å². The summed E-state index contributed by atoms with van der Waals surface area (Å²) in [6.07, 6.45) is 0.565. The maximum Gasteiger partial charge on any atom is 0.200 e. The van der Waals surface area contributed by atoms with E-state index < -0.39 is 51.6 Å². The van der Waals surface area contributed by atoms with Gasteiger partial charge in [0.25, 0.3) is 0 Å². The van der Waals surface area contributed by atoms with Crippen molar-refractivity contribution in [2.24, 2.45) is 0 Å². The van der Waals surface area contributed by atoms with Crippen LogP contribution in [0.2, 0.25) is 0 Å². The van der Waals surface area contributed by atoms with Crippen LogP contribution in [-0.2, 0) is 16.9 Å². The standard InChI is InChI=1S/C15H8F6OS/c16-9-3-1-8(2-4-9)7-23(22)6-5-10-11(17)13(19)15(21)14(20)12(10)18/h1-6H,7H2/b6-5+. The Morgan fingerprint density at radius 3 is 1.78 bits per heavy atom. The molecular formula is C15H8F6OS. The molecule has 1 unspecified atom stereocenters. The fraction of sp³-hybridized carbons (Fsp3) is 0.0667. The van der Waals surface area contributed by atoms with Crippen LogP contribution in [-0.4, -0.2) is 4.55 Å². The van der Waals surface area contributed by atoms with Crippen molar-refractivity contribution in [1.29, 1.82) is 0 Å². The van der Waals surface area contributed by atoms with Gasteiger partial charge in [-0.2, -0.15) is 0 Å². The first kappa shape index (κ1) is 17.4. The minimum absolute atomic E-state index is 0.105. The van der Waals surface area contributed by atoms with Crippen LogP contribution < -0.4 is 0 Å². The predicted octanol–water partition coefficient (Wildman–Crippen LogP) is 4.44. The predicted molar refractivity (Wildman–Crippen MR) is 73.5 cm³/mol. The summed E-state index contributed by atoms with van der Waals surface area (Å²) in [6, 6.07) is 5.00. The van der Waals surface area contributed by atoms with Gasteiger partial charge < -0.3 is 4.55 Å². The number of halogens is 6. The van der Waals surface area contributed by atoms with Crippen molar-refractivity contribution in [3.63, 3.8) is 0 Å². The molecule has 23 heavy (non-hydrogen) atoms. The molecule has 0 spiro atoms. The molecule has 0 aliphatic rings. The second-order valence-corrected chi connectivity index (χ2v) is 5.76. The van der Waals surface area contributed by atoms with Gasteiger partial charge in [0, 0.05) is 5.56 Å². The summed E-state index contributed by atoms with van der Waals surface area (Å²) in [5.41, 5.74) is -0.694. The fourth-order valence-electron chi connectivity index (χ4n) is 1.71. The van der Waals surface area contributed by atoms with Crippen LogP contribution in [0.25, 0.3) is 6.08 Å². The molecule has 1 atom stereocenters. The molecule has 0 amide bonds. The van der Waals surface area contributed by atoms with E-state index in [1.807, 2.05) is 0 Å². The first-order valence-corrected chi connectivity index (χ1v) is 7.50. The van der Waals surface area contributed by atoms with Gasteiger partial charge in [0.2, 0.25) is 5.82 Å². The van der Waals surface area contributed by atoms with E-state index in [1.165, 1.54) is 12.1 Å². The molecule has 0 saturated carbocycles. The second-order valence-electron chi connectivity index (χ2n) is 4.44. The molecule has 0 aliphatic carbocycles. The topological polar surface area (TPSA) is 23.1 Å². The summed E-state index contributed by atoms with van der Waals surface area (Å²) in [5, 5.41) is 0.807. The van der Waals surface area contributed by atoms with Crippen molar-refractivity contribution in [2.75, 3.05) is 0 Å². The number of hydrogen-bond donors (Lipinski definition) is 0.